The Kier molecular flexibility index (Phi) is 9.51. The van der Waals surface area contributed by atoms with E-state index < -0.39 is 0 Å². The van der Waals surface area contributed by atoms with Crippen molar-refractivity contribution in [3.8, 4) is 0 Å². The molecule has 1 fully saturated rings. The number of piperidine rings is 1. The number of carbonyl (C=O) groups is 1. The number of unbranched alkanes of at least 4 members (excludes halogenated alkanes) is 1. The SMILES string of the molecule is COCCCCn1c(C(=O)N(CC(C)C)[C@@H]2CNCC(CCOC)C2)nc2ccccc21. The van der Waals surface area contributed by atoms with Crippen molar-refractivity contribution in [1.82, 2.24) is 19.8 Å². The van der Waals surface area contributed by atoms with E-state index in [1.54, 1.807) is 14.2 Å². The van der Waals surface area contributed by atoms with E-state index in [9.17, 15) is 4.79 Å². The van der Waals surface area contributed by atoms with Crippen molar-refractivity contribution >= 4 is 16.9 Å². The Bertz CT molecular complexity index is 851. The summed E-state index contributed by atoms with van der Waals surface area (Å²) >= 11 is 0. The summed E-state index contributed by atoms with van der Waals surface area (Å²) in [6, 6.07) is 8.22. The summed E-state index contributed by atoms with van der Waals surface area (Å²) in [7, 11) is 3.48. The van der Waals surface area contributed by atoms with Gasteiger partial charge in [0, 0.05) is 53.1 Å². The van der Waals surface area contributed by atoms with Crippen LogP contribution in [0.4, 0.5) is 0 Å². The molecule has 1 N–H and O–H groups in total. The number of para-hydroxylation sites is 2. The summed E-state index contributed by atoms with van der Waals surface area (Å²) in [5, 5.41) is 3.55. The number of carbonyl (C=O) groups excluding carboxylic acids is 1. The van der Waals surface area contributed by atoms with Crippen molar-refractivity contribution in [3.05, 3.63) is 30.1 Å². The Hall–Kier alpha value is -1.96. The maximum Gasteiger partial charge on any atom is 0.290 e. The molecule has 0 spiro atoms. The number of hydrogen-bond donors (Lipinski definition) is 1. The molecule has 1 aliphatic rings. The molecule has 2 aromatic rings. The second-order valence-electron chi connectivity index (χ2n) is 9.32. The van der Waals surface area contributed by atoms with Crippen LogP contribution in [-0.2, 0) is 16.0 Å². The molecule has 7 nitrogen and oxygen atoms in total. The Morgan fingerprint density at radius 3 is 2.72 bits per heavy atom. The average molecular weight is 445 g/mol. The number of hydrogen-bond acceptors (Lipinski definition) is 5. The minimum atomic E-state index is 0.0424. The lowest BCUT2D eigenvalue weighted by Crippen LogP contribution is -2.52. The number of amides is 1. The van der Waals surface area contributed by atoms with Crippen LogP contribution in [0.1, 0.15) is 50.1 Å². The van der Waals surface area contributed by atoms with Gasteiger partial charge < -0.3 is 24.3 Å². The van der Waals surface area contributed by atoms with Gasteiger partial charge in [-0.1, -0.05) is 26.0 Å². The third-order valence-electron chi connectivity index (χ3n) is 6.24. The Labute approximate surface area is 192 Å². The van der Waals surface area contributed by atoms with Crippen LogP contribution < -0.4 is 5.32 Å². The topological polar surface area (TPSA) is 68.6 Å². The van der Waals surface area contributed by atoms with Gasteiger partial charge in [0.2, 0.25) is 0 Å². The van der Waals surface area contributed by atoms with Gasteiger partial charge in [0.1, 0.15) is 0 Å². The zero-order valence-corrected chi connectivity index (χ0v) is 20.2. The molecule has 0 aliphatic carbocycles. The second kappa shape index (κ2) is 12.3. The molecule has 1 aromatic heterocycles. The van der Waals surface area contributed by atoms with Crippen LogP contribution in [-0.4, -0.2) is 73.5 Å². The third-order valence-corrected chi connectivity index (χ3v) is 6.24. The van der Waals surface area contributed by atoms with E-state index in [2.05, 4.69) is 34.7 Å². The highest BCUT2D eigenvalue weighted by Gasteiger charge is 2.32. The van der Waals surface area contributed by atoms with Gasteiger partial charge in [-0.2, -0.15) is 0 Å². The van der Waals surface area contributed by atoms with Crippen LogP contribution in [0.15, 0.2) is 24.3 Å². The van der Waals surface area contributed by atoms with Crippen molar-refractivity contribution in [2.24, 2.45) is 11.8 Å². The lowest BCUT2D eigenvalue weighted by Gasteiger charge is -2.38. The molecule has 2 heterocycles. The van der Waals surface area contributed by atoms with Gasteiger partial charge in [-0.05, 0) is 56.2 Å². The van der Waals surface area contributed by atoms with Gasteiger partial charge in [0.25, 0.3) is 5.91 Å². The number of aryl methyl sites for hydroxylation is 1. The fourth-order valence-electron chi connectivity index (χ4n) is 4.65. The standard InChI is InChI=1S/C25H40N4O3/c1-19(2)18-29(21-15-20(11-14-32-4)16-26-17-21)25(30)24-27-22-9-5-6-10-23(22)28(24)12-7-8-13-31-3/h5-6,9-10,19-21,26H,7-8,11-18H2,1-4H3/t20?,21-/m0/s1. The number of rotatable bonds is 12. The summed E-state index contributed by atoms with van der Waals surface area (Å²) in [5.74, 6) is 1.51. The smallest absolute Gasteiger partial charge is 0.290 e. The number of fused-ring (bicyclic) bond motifs is 1. The van der Waals surface area contributed by atoms with Crippen LogP contribution in [0, 0.1) is 11.8 Å². The van der Waals surface area contributed by atoms with E-state index in [1.165, 1.54) is 0 Å². The van der Waals surface area contributed by atoms with Crippen LogP contribution >= 0.6 is 0 Å². The predicted octanol–water partition coefficient (Wildman–Crippen LogP) is 3.58. The first-order valence-corrected chi connectivity index (χ1v) is 12.0. The van der Waals surface area contributed by atoms with E-state index in [4.69, 9.17) is 14.5 Å². The van der Waals surface area contributed by atoms with Crippen LogP contribution in [0.3, 0.4) is 0 Å². The summed E-state index contributed by atoms with van der Waals surface area (Å²) in [6.07, 6.45) is 3.92. The molecule has 7 heteroatoms. The van der Waals surface area contributed by atoms with Gasteiger partial charge in [-0.15, -0.1) is 0 Å². The van der Waals surface area contributed by atoms with Gasteiger partial charge in [-0.25, -0.2) is 4.98 Å². The number of benzene rings is 1. The maximum absolute atomic E-state index is 13.9. The number of aromatic nitrogens is 2. The maximum atomic E-state index is 13.9. The summed E-state index contributed by atoms with van der Waals surface area (Å²) < 4.78 is 12.6. The van der Waals surface area contributed by atoms with Gasteiger partial charge >= 0.3 is 0 Å². The third kappa shape index (κ3) is 6.30. The lowest BCUT2D eigenvalue weighted by atomic mass is 9.91. The van der Waals surface area contributed by atoms with E-state index in [-0.39, 0.29) is 11.9 Å². The van der Waals surface area contributed by atoms with Gasteiger partial charge in [0.15, 0.2) is 5.82 Å². The Morgan fingerprint density at radius 2 is 1.97 bits per heavy atom. The number of methoxy groups -OCH3 is 2. The fourth-order valence-corrected chi connectivity index (χ4v) is 4.65. The number of imidazole rings is 1. The van der Waals surface area contributed by atoms with Crippen LogP contribution in [0.5, 0.6) is 0 Å². The fraction of sp³-hybridized carbons (Fsp3) is 0.680. The van der Waals surface area contributed by atoms with E-state index in [0.717, 1.165) is 76.1 Å². The van der Waals surface area contributed by atoms with Gasteiger partial charge in [-0.3, -0.25) is 4.79 Å². The predicted molar refractivity (Wildman–Crippen MR) is 128 cm³/mol. The number of nitrogens with zero attached hydrogens (tertiary/aromatic N) is 3. The van der Waals surface area contributed by atoms with Crippen LogP contribution in [0.25, 0.3) is 11.0 Å². The van der Waals surface area contributed by atoms with E-state index >= 15 is 0 Å². The van der Waals surface area contributed by atoms with Crippen molar-refractivity contribution in [2.75, 3.05) is 47.1 Å². The highest BCUT2D eigenvalue weighted by atomic mass is 16.5. The first-order chi connectivity index (χ1) is 15.5. The summed E-state index contributed by atoms with van der Waals surface area (Å²) in [4.78, 5) is 20.8. The first kappa shape index (κ1) is 24.7. The molecule has 3 rings (SSSR count). The molecular formula is C25H40N4O3. The molecule has 1 aromatic carbocycles. The molecule has 1 saturated heterocycles. The average Bonchev–Trinajstić information content (AvgIpc) is 3.17. The number of nitrogens with one attached hydrogen (secondary N) is 1. The molecule has 178 valence electrons. The quantitative estimate of drug-likeness (QED) is 0.507. The van der Waals surface area contributed by atoms with Crippen molar-refractivity contribution in [1.29, 1.82) is 0 Å². The minimum Gasteiger partial charge on any atom is -0.385 e. The molecule has 1 aliphatic heterocycles. The molecular weight excluding hydrogens is 404 g/mol. The highest BCUT2D eigenvalue weighted by Crippen LogP contribution is 2.24. The Balaban J connectivity index is 1.87. The molecule has 1 amide bonds. The van der Waals surface area contributed by atoms with Crippen molar-refractivity contribution in [2.45, 2.75) is 52.1 Å². The molecule has 0 radical (unpaired) electrons. The first-order valence-electron chi connectivity index (χ1n) is 12.0. The minimum absolute atomic E-state index is 0.0424. The molecule has 2 atom stereocenters. The van der Waals surface area contributed by atoms with Crippen molar-refractivity contribution in [3.63, 3.8) is 0 Å². The van der Waals surface area contributed by atoms with Gasteiger partial charge in [0.05, 0.1) is 11.0 Å². The zero-order chi connectivity index (χ0) is 22.9. The monoisotopic (exact) mass is 444 g/mol. The normalized spacial score (nSPS) is 19.0. The molecule has 0 bridgehead atoms. The van der Waals surface area contributed by atoms with E-state index in [0.29, 0.717) is 17.7 Å². The second-order valence-corrected chi connectivity index (χ2v) is 9.32. The largest absolute Gasteiger partial charge is 0.385 e. The summed E-state index contributed by atoms with van der Waals surface area (Å²) in [5.41, 5.74) is 1.91. The highest BCUT2D eigenvalue weighted by molar-refractivity contribution is 5.95. The number of ether oxygens (including phenoxy) is 2. The van der Waals surface area contributed by atoms with Crippen molar-refractivity contribution < 1.29 is 14.3 Å². The Morgan fingerprint density at radius 1 is 1.19 bits per heavy atom. The summed E-state index contributed by atoms with van der Waals surface area (Å²) in [6.45, 7) is 9.15. The zero-order valence-electron chi connectivity index (χ0n) is 20.2. The molecule has 0 saturated carbocycles. The molecule has 1 unspecified atom stereocenters. The van der Waals surface area contributed by atoms with E-state index in [1.807, 2.05) is 18.2 Å². The van der Waals surface area contributed by atoms with Crippen LogP contribution in [0.2, 0.25) is 0 Å². The lowest BCUT2D eigenvalue weighted by molar-refractivity contribution is 0.0554. The molecule has 32 heavy (non-hydrogen) atoms.